The highest BCUT2D eigenvalue weighted by Gasteiger charge is 2.25. The first-order chi connectivity index (χ1) is 11.7. The van der Waals surface area contributed by atoms with E-state index in [0.29, 0.717) is 18.7 Å². The van der Waals surface area contributed by atoms with E-state index in [9.17, 15) is 9.59 Å². The lowest BCUT2D eigenvalue weighted by molar-refractivity contribution is -0.124. The van der Waals surface area contributed by atoms with Crippen molar-refractivity contribution < 1.29 is 14.3 Å². The third kappa shape index (κ3) is 3.46. The second-order valence-electron chi connectivity index (χ2n) is 5.75. The molecule has 2 aromatic carbocycles. The van der Waals surface area contributed by atoms with Gasteiger partial charge in [-0.15, -0.1) is 0 Å². The molecule has 0 saturated heterocycles. The van der Waals surface area contributed by atoms with E-state index in [0.717, 1.165) is 23.2 Å². The van der Waals surface area contributed by atoms with Gasteiger partial charge in [-0.05, 0) is 35.7 Å². The number of hydrogen-bond acceptors (Lipinski definition) is 3. The monoisotopic (exact) mass is 324 g/mol. The number of fused-ring (bicyclic) bond motifs is 1. The van der Waals surface area contributed by atoms with Crippen molar-refractivity contribution in [3.05, 3.63) is 65.2 Å². The van der Waals surface area contributed by atoms with Gasteiger partial charge in [-0.25, -0.2) is 0 Å². The van der Waals surface area contributed by atoms with E-state index in [1.807, 2.05) is 47.4 Å². The number of carbonyl (C=O) groups is 2. The number of ether oxygens (including phenoxy) is 1. The van der Waals surface area contributed by atoms with Crippen LogP contribution in [0.25, 0.3) is 0 Å². The number of carbonyl (C=O) groups excluding carboxylic acids is 2. The number of nitrogens with one attached hydrogen (secondary N) is 1. The molecule has 3 rings (SSSR count). The third-order valence-electron chi connectivity index (χ3n) is 4.07. The molecule has 0 bridgehead atoms. The molecule has 2 amide bonds. The van der Waals surface area contributed by atoms with E-state index < -0.39 is 0 Å². The first-order valence-corrected chi connectivity index (χ1v) is 7.93. The molecule has 24 heavy (non-hydrogen) atoms. The van der Waals surface area contributed by atoms with Crippen molar-refractivity contribution in [1.82, 2.24) is 5.32 Å². The van der Waals surface area contributed by atoms with Crippen LogP contribution in [0, 0.1) is 0 Å². The fraction of sp³-hybridized carbons (Fsp3) is 0.263. The topological polar surface area (TPSA) is 58.6 Å². The molecule has 1 aliphatic heterocycles. The molecule has 5 nitrogen and oxygen atoms in total. The Balaban J connectivity index is 1.71. The molecule has 0 unspecified atom stereocenters. The summed E-state index contributed by atoms with van der Waals surface area (Å²) in [4.78, 5) is 25.9. The quantitative estimate of drug-likeness (QED) is 0.917. The van der Waals surface area contributed by atoms with Crippen LogP contribution in [0.1, 0.15) is 21.5 Å². The van der Waals surface area contributed by atoms with E-state index in [4.69, 9.17) is 4.74 Å². The van der Waals surface area contributed by atoms with E-state index in [-0.39, 0.29) is 18.4 Å². The smallest absolute Gasteiger partial charge is 0.258 e. The number of benzene rings is 2. The van der Waals surface area contributed by atoms with Crippen LogP contribution in [0.2, 0.25) is 0 Å². The molecule has 0 fully saturated rings. The van der Waals surface area contributed by atoms with Gasteiger partial charge in [0.1, 0.15) is 6.61 Å². The molecule has 0 atom stereocenters. The maximum atomic E-state index is 12.6. The van der Waals surface area contributed by atoms with Crippen LogP contribution in [-0.4, -0.2) is 32.1 Å². The van der Waals surface area contributed by atoms with Crippen LogP contribution >= 0.6 is 0 Å². The third-order valence-corrected chi connectivity index (χ3v) is 4.07. The summed E-state index contributed by atoms with van der Waals surface area (Å²) >= 11 is 0. The first-order valence-electron chi connectivity index (χ1n) is 7.93. The van der Waals surface area contributed by atoms with Gasteiger partial charge in [0.15, 0.2) is 0 Å². The number of nitrogens with zero attached hydrogens (tertiary/aromatic N) is 1. The predicted molar refractivity (Wildman–Crippen MR) is 92.0 cm³/mol. The van der Waals surface area contributed by atoms with Crippen molar-refractivity contribution in [3.8, 4) is 0 Å². The van der Waals surface area contributed by atoms with Crippen LogP contribution in [0.4, 0.5) is 5.69 Å². The summed E-state index contributed by atoms with van der Waals surface area (Å²) in [6, 6.07) is 15.3. The van der Waals surface area contributed by atoms with Gasteiger partial charge in [0, 0.05) is 31.5 Å². The van der Waals surface area contributed by atoms with Gasteiger partial charge in [0.25, 0.3) is 5.91 Å². The van der Waals surface area contributed by atoms with Gasteiger partial charge in [-0.2, -0.15) is 0 Å². The Kier molecular flexibility index (Phi) is 4.91. The second kappa shape index (κ2) is 7.27. The SMILES string of the molecule is COCC(=O)NCc1ccc2c(c1)CCN2C(=O)c1ccccc1. The first kappa shape index (κ1) is 16.2. The standard InChI is InChI=1S/C19H20N2O3/c1-24-13-18(22)20-12-14-7-8-17-16(11-14)9-10-21(17)19(23)15-5-3-2-4-6-15/h2-8,11H,9-10,12-13H2,1H3,(H,20,22). The summed E-state index contributed by atoms with van der Waals surface area (Å²) in [6.45, 7) is 1.20. The van der Waals surface area contributed by atoms with Gasteiger partial charge in [-0.1, -0.05) is 30.3 Å². The fourth-order valence-electron chi connectivity index (χ4n) is 2.90. The molecule has 1 heterocycles. The summed E-state index contributed by atoms with van der Waals surface area (Å²) in [5.41, 5.74) is 3.81. The van der Waals surface area contributed by atoms with E-state index in [2.05, 4.69) is 11.4 Å². The molecule has 1 N–H and O–H groups in total. The Morgan fingerprint density at radius 3 is 2.71 bits per heavy atom. The van der Waals surface area contributed by atoms with Crippen LogP contribution in [0.3, 0.4) is 0 Å². The lowest BCUT2D eigenvalue weighted by atomic mass is 10.1. The molecule has 124 valence electrons. The van der Waals surface area contributed by atoms with E-state index >= 15 is 0 Å². The zero-order chi connectivity index (χ0) is 16.9. The Labute approximate surface area is 141 Å². The number of amides is 2. The summed E-state index contributed by atoms with van der Waals surface area (Å²) in [5, 5.41) is 2.81. The molecule has 0 radical (unpaired) electrons. The number of rotatable bonds is 5. The molecule has 0 spiro atoms. The average molecular weight is 324 g/mol. The fourth-order valence-corrected chi connectivity index (χ4v) is 2.90. The Bertz CT molecular complexity index is 744. The minimum Gasteiger partial charge on any atom is -0.375 e. The minimum absolute atomic E-state index is 0.0236. The number of anilines is 1. The highest BCUT2D eigenvalue weighted by molar-refractivity contribution is 6.07. The molecule has 1 aliphatic rings. The average Bonchev–Trinajstić information content (AvgIpc) is 3.03. The molecule has 0 aliphatic carbocycles. The molecular formula is C19H20N2O3. The Hall–Kier alpha value is -2.66. The molecule has 5 heteroatoms. The van der Waals surface area contributed by atoms with Crippen LogP contribution in [-0.2, 0) is 22.5 Å². The van der Waals surface area contributed by atoms with Crippen molar-refractivity contribution in [3.63, 3.8) is 0 Å². The lowest BCUT2D eigenvalue weighted by Crippen LogP contribution is -2.28. The maximum Gasteiger partial charge on any atom is 0.258 e. The van der Waals surface area contributed by atoms with Crippen LogP contribution in [0.15, 0.2) is 48.5 Å². The zero-order valence-electron chi connectivity index (χ0n) is 13.6. The summed E-state index contributed by atoms with van der Waals surface area (Å²) < 4.78 is 4.79. The number of methoxy groups -OCH3 is 1. The van der Waals surface area contributed by atoms with Crippen molar-refractivity contribution >= 4 is 17.5 Å². The summed E-state index contributed by atoms with van der Waals surface area (Å²) in [7, 11) is 1.49. The highest BCUT2D eigenvalue weighted by atomic mass is 16.5. The van der Waals surface area contributed by atoms with Crippen LogP contribution in [0.5, 0.6) is 0 Å². The minimum atomic E-state index is -0.140. The van der Waals surface area contributed by atoms with Crippen molar-refractivity contribution in [2.45, 2.75) is 13.0 Å². The molecule has 0 aromatic heterocycles. The lowest BCUT2D eigenvalue weighted by Gasteiger charge is -2.17. The van der Waals surface area contributed by atoms with Gasteiger partial charge < -0.3 is 15.0 Å². The van der Waals surface area contributed by atoms with Gasteiger partial charge in [-0.3, -0.25) is 9.59 Å². The Morgan fingerprint density at radius 1 is 1.17 bits per heavy atom. The van der Waals surface area contributed by atoms with Gasteiger partial charge >= 0.3 is 0 Å². The van der Waals surface area contributed by atoms with E-state index in [1.54, 1.807) is 0 Å². The van der Waals surface area contributed by atoms with Crippen molar-refractivity contribution in [1.29, 1.82) is 0 Å². The molecule has 0 saturated carbocycles. The normalized spacial score (nSPS) is 12.8. The van der Waals surface area contributed by atoms with Gasteiger partial charge in [0.2, 0.25) is 5.91 Å². The molecular weight excluding hydrogens is 304 g/mol. The molecule has 2 aromatic rings. The zero-order valence-corrected chi connectivity index (χ0v) is 13.6. The predicted octanol–water partition coefficient (Wildman–Crippen LogP) is 2.15. The van der Waals surface area contributed by atoms with Crippen LogP contribution < -0.4 is 10.2 Å². The summed E-state index contributed by atoms with van der Waals surface area (Å²) in [6.07, 6.45) is 0.827. The van der Waals surface area contributed by atoms with Crippen molar-refractivity contribution in [2.75, 3.05) is 25.2 Å². The van der Waals surface area contributed by atoms with Crippen molar-refractivity contribution in [2.24, 2.45) is 0 Å². The largest absolute Gasteiger partial charge is 0.375 e. The number of hydrogen-bond donors (Lipinski definition) is 1. The highest BCUT2D eigenvalue weighted by Crippen LogP contribution is 2.30. The second-order valence-corrected chi connectivity index (χ2v) is 5.75. The maximum absolute atomic E-state index is 12.6. The van der Waals surface area contributed by atoms with Gasteiger partial charge in [0.05, 0.1) is 0 Å². The van der Waals surface area contributed by atoms with E-state index in [1.165, 1.54) is 7.11 Å². The Morgan fingerprint density at radius 2 is 1.96 bits per heavy atom. The summed E-state index contributed by atoms with van der Waals surface area (Å²) in [5.74, 6) is -0.116.